The zero-order valence-corrected chi connectivity index (χ0v) is 18.6. The number of carbonyl (C=O) groups excluding carboxylic acids is 2. The van der Waals surface area contributed by atoms with Crippen molar-refractivity contribution in [3.63, 3.8) is 0 Å². The quantitative estimate of drug-likeness (QED) is 0.524. The second-order valence-corrected chi connectivity index (χ2v) is 7.72. The molecule has 33 heavy (non-hydrogen) atoms. The molecule has 1 unspecified atom stereocenters. The van der Waals surface area contributed by atoms with E-state index in [1.165, 1.54) is 6.33 Å². The number of nitrogens with zero attached hydrogens (tertiary/aromatic N) is 5. The summed E-state index contributed by atoms with van der Waals surface area (Å²) in [7, 11) is 3.19. The van der Waals surface area contributed by atoms with E-state index in [1.54, 1.807) is 42.4 Å². The van der Waals surface area contributed by atoms with Crippen LogP contribution in [0.25, 0.3) is 5.82 Å². The maximum Gasteiger partial charge on any atom is 0.225 e. The lowest BCUT2D eigenvalue weighted by atomic mass is 10.1. The SMILES string of the molecule is COc1ccc(CCN2CC(C(=O)NCc3cccnc3-n3cncn3)CC2=O)cc1OC. The van der Waals surface area contributed by atoms with Gasteiger partial charge in [0.05, 0.1) is 20.1 Å². The molecule has 1 fully saturated rings. The minimum Gasteiger partial charge on any atom is -0.493 e. The van der Waals surface area contributed by atoms with E-state index in [-0.39, 0.29) is 30.7 Å². The van der Waals surface area contributed by atoms with Crippen LogP contribution in [0.4, 0.5) is 0 Å². The summed E-state index contributed by atoms with van der Waals surface area (Å²) in [6.45, 7) is 1.23. The lowest BCUT2D eigenvalue weighted by Crippen LogP contribution is -2.33. The van der Waals surface area contributed by atoms with Crippen LogP contribution in [-0.4, -0.2) is 63.8 Å². The minimum atomic E-state index is -0.380. The van der Waals surface area contributed by atoms with Gasteiger partial charge in [0, 0.05) is 37.8 Å². The van der Waals surface area contributed by atoms with Gasteiger partial charge in [-0.15, -0.1) is 0 Å². The van der Waals surface area contributed by atoms with Crippen LogP contribution in [0.3, 0.4) is 0 Å². The molecule has 1 aliphatic heterocycles. The maximum absolute atomic E-state index is 12.8. The zero-order chi connectivity index (χ0) is 23.2. The van der Waals surface area contributed by atoms with Gasteiger partial charge in [-0.25, -0.2) is 14.6 Å². The van der Waals surface area contributed by atoms with E-state index in [9.17, 15) is 9.59 Å². The highest BCUT2D eigenvalue weighted by molar-refractivity contribution is 5.89. The second kappa shape index (κ2) is 10.1. The molecule has 1 saturated heterocycles. The molecule has 0 saturated carbocycles. The molecule has 10 nitrogen and oxygen atoms in total. The van der Waals surface area contributed by atoms with Crippen molar-refractivity contribution in [2.24, 2.45) is 5.92 Å². The van der Waals surface area contributed by atoms with Crippen LogP contribution >= 0.6 is 0 Å². The van der Waals surface area contributed by atoms with Crippen molar-refractivity contribution < 1.29 is 19.1 Å². The van der Waals surface area contributed by atoms with Crippen LogP contribution in [0.2, 0.25) is 0 Å². The summed E-state index contributed by atoms with van der Waals surface area (Å²) in [6.07, 6.45) is 5.52. The Morgan fingerprint density at radius 1 is 1.21 bits per heavy atom. The number of methoxy groups -OCH3 is 2. The minimum absolute atomic E-state index is 0.0136. The molecule has 2 aromatic heterocycles. The first-order valence-corrected chi connectivity index (χ1v) is 10.6. The van der Waals surface area contributed by atoms with E-state index >= 15 is 0 Å². The van der Waals surface area contributed by atoms with Crippen molar-refractivity contribution in [2.75, 3.05) is 27.3 Å². The van der Waals surface area contributed by atoms with E-state index in [0.717, 1.165) is 11.1 Å². The van der Waals surface area contributed by atoms with Crippen LogP contribution in [0.15, 0.2) is 49.2 Å². The Labute approximate surface area is 191 Å². The summed E-state index contributed by atoms with van der Waals surface area (Å²) in [5, 5.41) is 7.04. The number of benzene rings is 1. The Hall–Kier alpha value is -3.95. The number of carbonyl (C=O) groups is 2. The van der Waals surface area contributed by atoms with Gasteiger partial charge in [-0.3, -0.25) is 9.59 Å². The third-order valence-electron chi connectivity index (χ3n) is 5.66. The third kappa shape index (κ3) is 5.11. The van der Waals surface area contributed by atoms with E-state index in [2.05, 4.69) is 20.4 Å². The van der Waals surface area contributed by atoms with Gasteiger partial charge < -0.3 is 19.7 Å². The predicted molar refractivity (Wildman–Crippen MR) is 119 cm³/mol. The molecule has 3 heterocycles. The average molecular weight is 450 g/mol. The number of aromatic nitrogens is 4. The molecule has 3 aromatic rings. The summed E-state index contributed by atoms with van der Waals surface area (Å²) in [5.41, 5.74) is 1.84. The number of hydrogen-bond acceptors (Lipinski definition) is 7. The lowest BCUT2D eigenvalue weighted by Gasteiger charge is -2.17. The molecule has 1 atom stereocenters. The smallest absolute Gasteiger partial charge is 0.225 e. The zero-order valence-electron chi connectivity index (χ0n) is 18.6. The van der Waals surface area contributed by atoms with E-state index in [0.29, 0.717) is 36.8 Å². The summed E-state index contributed by atoms with van der Waals surface area (Å²) in [4.78, 5) is 35.3. The van der Waals surface area contributed by atoms with Crippen molar-refractivity contribution in [1.29, 1.82) is 0 Å². The van der Waals surface area contributed by atoms with Gasteiger partial charge in [-0.2, -0.15) is 5.10 Å². The Kier molecular flexibility index (Phi) is 6.82. The van der Waals surface area contributed by atoms with Crippen molar-refractivity contribution in [2.45, 2.75) is 19.4 Å². The highest BCUT2D eigenvalue weighted by Crippen LogP contribution is 2.28. The van der Waals surface area contributed by atoms with E-state index in [4.69, 9.17) is 9.47 Å². The van der Waals surface area contributed by atoms with Crippen molar-refractivity contribution >= 4 is 11.8 Å². The molecule has 4 rings (SSSR count). The first-order chi connectivity index (χ1) is 16.1. The van der Waals surface area contributed by atoms with Gasteiger partial charge in [-0.1, -0.05) is 12.1 Å². The third-order valence-corrected chi connectivity index (χ3v) is 5.66. The highest BCUT2D eigenvalue weighted by Gasteiger charge is 2.34. The largest absolute Gasteiger partial charge is 0.493 e. The normalized spacial score (nSPS) is 15.5. The molecule has 1 aliphatic rings. The van der Waals surface area contributed by atoms with Gasteiger partial charge in [0.15, 0.2) is 17.3 Å². The van der Waals surface area contributed by atoms with Crippen molar-refractivity contribution in [3.8, 4) is 17.3 Å². The standard InChI is InChI=1S/C23H26N6O4/c1-32-19-6-5-16(10-20(19)33-2)7-9-28-13-18(11-21(28)30)23(31)26-12-17-4-3-8-25-22(17)29-15-24-14-27-29/h3-6,8,10,14-15,18H,7,9,11-13H2,1-2H3,(H,26,31). The molecule has 172 valence electrons. The molecule has 0 spiro atoms. The first kappa shape index (κ1) is 22.3. The van der Waals surface area contributed by atoms with Crippen LogP contribution < -0.4 is 14.8 Å². The molecular formula is C23H26N6O4. The Bertz CT molecular complexity index is 1120. The molecule has 1 N–H and O–H groups in total. The van der Waals surface area contributed by atoms with Crippen LogP contribution in [0.1, 0.15) is 17.5 Å². The fourth-order valence-electron chi connectivity index (χ4n) is 3.88. The van der Waals surface area contributed by atoms with Crippen molar-refractivity contribution in [1.82, 2.24) is 30.0 Å². The van der Waals surface area contributed by atoms with Crippen LogP contribution in [-0.2, 0) is 22.6 Å². The molecule has 0 aliphatic carbocycles. The monoisotopic (exact) mass is 450 g/mol. The van der Waals surface area contributed by atoms with Crippen LogP contribution in [0.5, 0.6) is 11.5 Å². The number of nitrogens with one attached hydrogen (secondary N) is 1. The number of ether oxygens (including phenoxy) is 2. The summed E-state index contributed by atoms with van der Waals surface area (Å²) >= 11 is 0. The number of pyridine rings is 1. The molecule has 0 bridgehead atoms. The summed E-state index contributed by atoms with van der Waals surface area (Å²) in [5.74, 6) is 1.38. The van der Waals surface area contributed by atoms with Gasteiger partial charge in [0.1, 0.15) is 12.7 Å². The number of amides is 2. The van der Waals surface area contributed by atoms with Gasteiger partial charge in [0.25, 0.3) is 0 Å². The number of hydrogen-bond donors (Lipinski definition) is 1. The number of likely N-dealkylation sites (tertiary alicyclic amines) is 1. The average Bonchev–Trinajstić information content (AvgIpc) is 3.51. The lowest BCUT2D eigenvalue weighted by molar-refractivity contribution is -0.129. The Balaban J connectivity index is 1.32. The van der Waals surface area contributed by atoms with E-state index in [1.807, 2.05) is 24.3 Å². The van der Waals surface area contributed by atoms with Crippen LogP contribution in [0, 0.1) is 5.92 Å². The first-order valence-electron chi connectivity index (χ1n) is 10.6. The van der Waals surface area contributed by atoms with Crippen molar-refractivity contribution in [3.05, 3.63) is 60.3 Å². The summed E-state index contributed by atoms with van der Waals surface area (Å²) < 4.78 is 12.2. The second-order valence-electron chi connectivity index (χ2n) is 7.72. The molecule has 0 radical (unpaired) electrons. The fourth-order valence-corrected chi connectivity index (χ4v) is 3.88. The predicted octanol–water partition coefficient (Wildman–Crippen LogP) is 1.39. The highest BCUT2D eigenvalue weighted by atomic mass is 16.5. The Morgan fingerprint density at radius 2 is 2.06 bits per heavy atom. The molecular weight excluding hydrogens is 424 g/mol. The van der Waals surface area contributed by atoms with Gasteiger partial charge >= 0.3 is 0 Å². The maximum atomic E-state index is 12.8. The molecule has 10 heteroatoms. The Morgan fingerprint density at radius 3 is 2.82 bits per heavy atom. The number of rotatable bonds is 9. The van der Waals surface area contributed by atoms with Gasteiger partial charge in [0.2, 0.25) is 11.8 Å². The molecule has 2 amide bonds. The fraction of sp³-hybridized carbons (Fsp3) is 0.348. The van der Waals surface area contributed by atoms with E-state index < -0.39 is 0 Å². The summed E-state index contributed by atoms with van der Waals surface area (Å²) in [6, 6.07) is 9.38. The van der Waals surface area contributed by atoms with Gasteiger partial charge in [-0.05, 0) is 30.2 Å². The molecule has 1 aromatic carbocycles. The topological polar surface area (TPSA) is 111 Å².